The molecule has 0 aliphatic rings. The number of rotatable bonds is 3. The van der Waals surface area contributed by atoms with E-state index in [4.69, 9.17) is 12.2 Å². The van der Waals surface area contributed by atoms with Crippen LogP contribution in [0, 0.1) is 6.92 Å². The maximum atomic E-state index is 5.26. The van der Waals surface area contributed by atoms with Crippen molar-refractivity contribution in [2.45, 2.75) is 13.5 Å². The van der Waals surface area contributed by atoms with Gasteiger partial charge in [-0.3, -0.25) is 0 Å². The fourth-order valence-electron chi connectivity index (χ4n) is 1.68. The van der Waals surface area contributed by atoms with Crippen molar-refractivity contribution < 1.29 is 0 Å². The van der Waals surface area contributed by atoms with Crippen molar-refractivity contribution in [1.29, 1.82) is 0 Å². The normalized spacial score (nSPS) is 9.83. The Morgan fingerprint density at radius 2 is 1.83 bits per heavy atom. The molecule has 0 aromatic heterocycles. The van der Waals surface area contributed by atoms with E-state index in [0.717, 1.165) is 12.2 Å². The molecular weight excluding hydrogens is 240 g/mol. The molecule has 0 fully saturated rings. The van der Waals surface area contributed by atoms with Gasteiger partial charge >= 0.3 is 0 Å². The summed E-state index contributed by atoms with van der Waals surface area (Å²) < 4.78 is 0. The Morgan fingerprint density at radius 1 is 1.06 bits per heavy atom. The van der Waals surface area contributed by atoms with E-state index in [1.807, 2.05) is 30.3 Å². The highest BCUT2D eigenvalue weighted by atomic mass is 32.1. The molecule has 0 saturated carbocycles. The second kappa shape index (κ2) is 6.17. The average Bonchev–Trinajstić information content (AvgIpc) is 2.38. The number of hydrogen-bond donors (Lipinski definition) is 2. The number of thiocarbonyl (C=S) groups is 1. The number of hydrogen-bond acceptors (Lipinski definition) is 1. The third-order valence-corrected chi connectivity index (χ3v) is 2.82. The molecule has 2 rings (SSSR count). The van der Waals surface area contributed by atoms with Gasteiger partial charge in [0.25, 0.3) is 0 Å². The van der Waals surface area contributed by atoms with Gasteiger partial charge in [-0.15, -0.1) is 0 Å². The van der Waals surface area contributed by atoms with Crippen LogP contribution in [-0.4, -0.2) is 5.11 Å². The lowest BCUT2D eigenvalue weighted by molar-refractivity contribution is 0.926. The molecule has 18 heavy (non-hydrogen) atoms. The van der Waals surface area contributed by atoms with Gasteiger partial charge in [-0.25, -0.2) is 0 Å². The summed E-state index contributed by atoms with van der Waals surface area (Å²) in [5.41, 5.74) is 3.44. The summed E-state index contributed by atoms with van der Waals surface area (Å²) in [7, 11) is 0. The predicted octanol–water partition coefficient (Wildman–Crippen LogP) is 3.48. The quantitative estimate of drug-likeness (QED) is 0.822. The number of benzene rings is 2. The molecule has 0 unspecified atom stereocenters. The van der Waals surface area contributed by atoms with Crippen LogP contribution in [0.3, 0.4) is 0 Å². The molecule has 0 bridgehead atoms. The van der Waals surface area contributed by atoms with Gasteiger partial charge in [-0.2, -0.15) is 0 Å². The van der Waals surface area contributed by atoms with Crippen molar-refractivity contribution in [2.75, 3.05) is 5.32 Å². The number of nitrogens with one attached hydrogen (secondary N) is 2. The molecule has 2 aromatic carbocycles. The Hall–Kier alpha value is -1.87. The highest BCUT2D eigenvalue weighted by molar-refractivity contribution is 7.80. The molecule has 0 aliphatic carbocycles. The lowest BCUT2D eigenvalue weighted by Gasteiger charge is -2.10. The van der Waals surface area contributed by atoms with Crippen molar-refractivity contribution >= 4 is 23.0 Å². The molecule has 0 spiro atoms. The minimum Gasteiger partial charge on any atom is -0.358 e. The molecule has 0 saturated heterocycles. The second-order valence-corrected chi connectivity index (χ2v) is 4.57. The minimum atomic E-state index is 0.643. The monoisotopic (exact) mass is 256 g/mol. The van der Waals surface area contributed by atoms with Crippen LogP contribution in [-0.2, 0) is 6.54 Å². The van der Waals surface area contributed by atoms with Crippen LogP contribution in [0.5, 0.6) is 0 Å². The average molecular weight is 256 g/mol. The van der Waals surface area contributed by atoms with Crippen LogP contribution in [0.4, 0.5) is 5.69 Å². The molecule has 0 atom stereocenters. The van der Waals surface area contributed by atoms with E-state index in [1.165, 1.54) is 11.1 Å². The molecule has 2 aromatic rings. The molecule has 3 heteroatoms. The Kier molecular flexibility index (Phi) is 4.31. The summed E-state index contributed by atoms with van der Waals surface area (Å²) >= 11 is 5.26. The van der Waals surface area contributed by atoms with Crippen molar-refractivity contribution in [2.24, 2.45) is 0 Å². The summed E-state index contributed by atoms with van der Waals surface area (Å²) in [4.78, 5) is 0. The van der Waals surface area contributed by atoms with Crippen LogP contribution in [0.25, 0.3) is 0 Å². The second-order valence-electron chi connectivity index (χ2n) is 4.16. The summed E-state index contributed by atoms with van der Waals surface area (Å²) in [6, 6.07) is 18.3. The molecule has 0 aliphatic heterocycles. The fourth-order valence-corrected chi connectivity index (χ4v) is 1.87. The van der Waals surface area contributed by atoms with Crippen LogP contribution in [0.1, 0.15) is 11.1 Å². The van der Waals surface area contributed by atoms with Crippen molar-refractivity contribution in [3.63, 3.8) is 0 Å². The minimum absolute atomic E-state index is 0.643. The maximum absolute atomic E-state index is 5.26. The van der Waals surface area contributed by atoms with Gasteiger partial charge in [-0.1, -0.05) is 42.5 Å². The van der Waals surface area contributed by atoms with Gasteiger partial charge in [0.05, 0.1) is 0 Å². The fraction of sp³-hybridized carbons (Fsp3) is 0.133. The molecule has 2 nitrogen and oxygen atoms in total. The SMILES string of the molecule is Cc1cccc(NC(=S)NCc2ccccc2)c1. The van der Waals surface area contributed by atoms with Crippen molar-refractivity contribution in [3.05, 3.63) is 65.7 Å². The van der Waals surface area contributed by atoms with Gasteiger partial charge in [-0.05, 0) is 42.4 Å². The third-order valence-electron chi connectivity index (χ3n) is 2.57. The molecular formula is C15H16N2S. The van der Waals surface area contributed by atoms with E-state index in [-0.39, 0.29) is 0 Å². The first-order chi connectivity index (χ1) is 8.74. The third kappa shape index (κ3) is 3.86. The van der Waals surface area contributed by atoms with E-state index >= 15 is 0 Å². The first-order valence-electron chi connectivity index (χ1n) is 5.89. The Bertz CT molecular complexity index is 523. The largest absolute Gasteiger partial charge is 0.358 e. The van der Waals surface area contributed by atoms with Crippen molar-refractivity contribution in [3.8, 4) is 0 Å². The zero-order chi connectivity index (χ0) is 12.8. The zero-order valence-corrected chi connectivity index (χ0v) is 11.1. The van der Waals surface area contributed by atoms with E-state index in [0.29, 0.717) is 5.11 Å². The summed E-state index contributed by atoms with van der Waals surface area (Å²) in [5.74, 6) is 0. The smallest absolute Gasteiger partial charge is 0.171 e. The van der Waals surface area contributed by atoms with Crippen LogP contribution in [0.2, 0.25) is 0 Å². The maximum Gasteiger partial charge on any atom is 0.171 e. The standard InChI is InChI=1S/C15H16N2S/c1-12-6-5-9-14(10-12)17-15(18)16-11-13-7-3-2-4-8-13/h2-10H,11H2,1H3,(H2,16,17,18). The molecule has 2 N–H and O–H groups in total. The lowest BCUT2D eigenvalue weighted by Crippen LogP contribution is -2.27. The summed E-state index contributed by atoms with van der Waals surface area (Å²) in [6.45, 7) is 2.80. The number of aryl methyl sites for hydroxylation is 1. The first-order valence-corrected chi connectivity index (χ1v) is 6.30. The first kappa shape index (κ1) is 12.6. The predicted molar refractivity (Wildman–Crippen MR) is 80.7 cm³/mol. The summed E-state index contributed by atoms with van der Waals surface area (Å²) in [5, 5.41) is 7.00. The highest BCUT2D eigenvalue weighted by Gasteiger charge is 1.97. The van der Waals surface area contributed by atoms with Crippen molar-refractivity contribution in [1.82, 2.24) is 5.32 Å². The molecule has 92 valence electrons. The molecule has 0 radical (unpaired) electrons. The number of anilines is 1. The van der Waals surface area contributed by atoms with E-state index in [9.17, 15) is 0 Å². The summed E-state index contributed by atoms with van der Waals surface area (Å²) in [6.07, 6.45) is 0. The lowest BCUT2D eigenvalue weighted by atomic mass is 10.2. The Balaban J connectivity index is 1.86. The van der Waals surface area contributed by atoms with Crippen LogP contribution in [0.15, 0.2) is 54.6 Å². The highest BCUT2D eigenvalue weighted by Crippen LogP contribution is 2.09. The van der Waals surface area contributed by atoms with E-state index in [1.54, 1.807) is 0 Å². The molecule has 0 heterocycles. The van der Waals surface area contributed by atoms with E-state index in [2.05, 4.69) is 41.8 Å². The van der Waals surface area contributed by atoms with Crippen LogP contribution >= 0.6 is 12.2 Å². The van der Waals surface area contributed by atoms with Gasteiger partial charge in [0, 0.05) is 12.2 Å². The Labute approximate surface area is 113 Å². The van der Waals surface area contributed by atoms with Gasteiger partial charge in [0.2, 0.25) is 0 Å². The Morgan fingerprint density at radius 3 is 2.56 bits per heavy atom. The van der Waals surface area contributed by atoms with E-state index < -0.39 is 0 Å². The van der Waals surface area contributed by atoms with Gasteiger partial charge < -0.3 is 10.6 Å². The van der Waals surface area contributed by atoms with Gasteiger partial charge in [0.1, 0.15) is 0 Å². The molecule has 0 amide bonds. The van der Waals surface area contributed by atoms with Gasteiger partial charge in [0.15, 0.2) is 5.11 Å². The van der Waals surface area contributed by atoms with Crippen LogP contribution < -0.4 is 10.6 Å². The zero-order valence-electron chi connectivity index (χ0n) is 10.3. The topological polar surface area (TPSA) is 24.1 Å².